The molecule has 0 radical (unpaired) electrons. The van der Waals surface area contributed by atoms with Crippen molar-refractivity contribution in [3.8, 4) is 0 Å². The zero-order valence-electron chi connectivity index (χ0n) is 11.8. The fourth-order valence-corrected chi connectivity index (χ4v) is 2.34. The molecule has 1 aromatic carbocycles. The number of halogens is 1. The number of rotatable bonds is 3. The van der Waals surface area contributed by atoms with Crippen molar-refractivity contribution < 1.29 is 4.79 Å². The molecule has 0 fully saturated rings. The molecule has 1 amide bonds. The quantitative estimate of drug-likeness (QED) is 0.872. The summed E-state index contributed by atoms with van der Waals surface area (Å²) in [6, 6.07) is 9.49. The van der Waals surface area contributed by atoms with Crippen LogP contribution in [0.15, 0.2) is 36.5 Å². The Hall–Kier alpha value is -1.87. The molecular formula is C16H17ClN2O. The highest BCUT2D eigenvalue weighted by Gasteiger charge is 2.15. The maximum atomic E-state index is 12.2. The zero-order valence-corrected chi connectivity index (χ0v) is 12.5. The van der Waals surface area contributed by atoms with Gasteiger partial charge in [0.15, 0.2) is 0 Å². The Morgan fingerprint density at radius 3 is 2.75 bits per heavy atom. The number of amides is 1. The van der Waals surface area contributed by atoms with E-state index in [1.807, 2.05) is 20.8 Å². The summed E-state index contributed by atoms with van der Waals surface area (Å²) in [4.78, 5) is 16.1. The molecular weight excluding hydrogens is 272 g/mol. The first-order valence-electron chi connectivity index (χ1n) is 6.47. The number of pyridine rings is 1. The lowest BCUT2D eigenvalue weighted by Crippen LogP contribution is -2.27. The standard InChI is InChI=1S/C16H17ClN2O/c1-10-6-7-11(2)14(9-10)12(3)19-16(20)13-5-4-8-18-15(13)17/h4-9,12H,1-3H3,(H,19,20). The topological polar surface area (TPSA) is 42.0 Å². The third kappa shape index (κ3) is 3.17. The van der Waals surface area contributed by atoms with Crippen LogP contribution in [0, 0.1) is 13.8 Å². The van der Waals surface area contributed by atoms with Gasteiger partial charge in [-0.25, -0.2) is 4.98 Å². The normalized spacial score (nSPS) is 12.0. The van der Waals surface area contributed by atoms with Crippen LogP contribution >= 0.6 is 11.6 Å². The number of hydrogen-bond donors (Lipinski definition) is 1. The smallest absolute Gasteiger partial charge is 0.254 e. The van der Waals surface area contributed by atoms with Gasteiger partial charge in [0, 0.05) is 6.20 Å². The molecule has 1 atom stereocenters. The Kier molecular flexibility index (Phi) is 4.40. The molecule has 0 spiro atoms. The predicted molar refractivity (Wildman–Crippen MR) is 81.0 cm³/mol. The number of aryl methyl sites for hydroxylation is 2. The molecule has 0 saturated heterocycles. The van der Waals surface area contributed by atoms with Crippen LogP contribution in [-0.4, -0.2) is 10.9 Å². The van der Waals surface area contributed by atoms with Gasteiger partial charge in [0.25, 0.3) is 5.91 Å². The second-order valence-corrected chi connectivity index (χ2v) is 5.25. The van der Waals surface area contributed by atoms with E-state index in [9.17, 15) is 4.79 Å². The van der Waals surface area contributed by atoms with Crippen LogP contribution in [0.25, 0.3) is 0 Å². The third-order valence-corrected chi connectivity index (χ3v) is 3.55. The zero-order chi connectivity index (χ0) is 14.7. The van der Waals surface area contributed by atoms with Gasteiger partial charge < -0.3 is 5.32 Å². The van der Waals surface area contributed by atoms with Crippen LogP contribution in [0.3, 0.4) is 0 Å². The summed E-state index contributed by atoms with van der Waals surface area (Å²) in [5, 5.41) is 3.18. The van der Waals surface area contributed by atoms with Gasteiger partial charge in [0.2, 0.25) is 0 Å². The molecule has 20 heavy (non-hydrogen) atoms. The lowest BCUT2D eigenvalue weighted by atomic mass is 10.00. The number of aromatic nitrogens is 1. The maximum absolute atomic E-state index is 12.2. The molecule has 1 aromatic heterocycles. The van der Waals surface area contributed by atoms with E-state index in [0.29, 0.717) is 5.56 Å². The van der Waals surface area contributed by atoms with Crippen molar-refractivity contribution in [2.75, 3.05) is 0 Å². The van der Waals surface area contributed by atoms with E-state index in [2.05, 4.69) is 28.5 Å². The Morgan fingerprint density at radius 1 is 1.30 bits per heavy atom. The molecule has 4 heteroatoms. The van der Waals surface area contributed by atoms with Crippen molar-refractivity contribution in [1.29, 1.82) is 0 Å². The molecule has 1 heterocycles. The van der Waals surface area contributed by atoms with Crippen molar-refractivity contribution >= 4 is 17.5 Å². The Bertz CT molecular complexity index is 640. The van der Waals surface area contributed by atoms with E-state index in [-0.39, 0.29) is 17.1 Å². The van der Waals surface area contributed by atoms with Gasteiger partial charge >= 0.3 is 0 Å². The van der Waals surface area contributed by atoms with Gasteiger partial charge in [-0.15, -0.1) is 0 Å². The average molecular weight is 289 g/mol. The highest BCUT2D eigenvalue weighted by Crippen LogP contribution is 2.20. The fraction of sp³-hybridized carbons (Fsp3) is 0.250. The van der Waals surface area contributed by atoms with Gasteiger partial charge in [0.05, 0.1) is 11.6 Å². The van der Waals surface area contributed by atoms with Crippen LogP contribution < -0.4 is 5.32 Å². The monoisotopic (exact) mass is 288 g/mol. The molecule has 2 rings (SSSR count). The van der Waals surface area contributed by atoms with E-state index in [1.165, 1.54) is 5.56 Å². The molecule has 0 saturated carbocycles. The average Bonchev–Trinajstić information content (AvgIpc) is 2.41. The minimum absolute atomic E-state index is 0.0846. The Morgan fingerprint density at radius 2 is 2.05 bits per heavy atom. The number of carbonyl (C=O) groups is 1. The molecule has 1 N–H and O–H groups in total. The molecule has 0 bridgehead atoms. The van der Waals surface area contributed by atoms with Crippen LogP contribution in [0.4, 0.5) is 0 Å². The second kappa shape index (κ2) is 6.06. The van der Waals surface area contributed by atoms with E-state index in [4.69, 9.17) is 11.6 Å². The first-order valence-corrected chi connectivity index (χ1v) is 6.85. The van der Waals surface area contributed by atoms with E-state index in [0.717, 1.165) is 11.1 Å². The lowest BCUT2D eigenvalue weighted by Gasteiger charge is -2.17. The summed E-state index contributed by atoms with van der Waals surface area (Å²) in [6.07, 6.45) is 1.56. The molecule has 1 unspecified atom stereocenters. The molecule has 2 aromatic rings. The largest absolute Gasteiger partial charge is 0.345 e. The van der Waals surface area contributed by atoms with Gasteiger partial charge in [-0.2, -0.15) is 0 Å². The van der Waals surface area contributed by atoms with E-state index in [1.54, 1.807) is 18.3 Å². The number of hydrogen-bond acceptors (Lipinski definition) is 2. The van der Waals surface area contributed by atoms with Crippen molar-refractivity contribution in [3.05, 3.63) is 63.9 Å². The summed E-state index contributed by atoms with van der Waals surface area (Å²) in [6.45, 7) is 6.04. The van der Waals surface area contributed by atoms with Crippen molar-refractivity contribution in [3.63, 3.8) is 0 Å². The Balaban J connectivity index is 2.19. The van der Waals surface area contributed by atoms with Crippen LogP contribution in [-0.2, 0) is 0 Å². The molecule has 0 aliphatic carbocycles. The molecule has 0 aliphatic heterocycles. The van der Waals surface area contributed by atoms with Crippen molar-refractivity contribution in [1.82, 2.24) is 10.3 Å². The highest BCUT2D eigenvalue weighted by atomic mass is 35.5. The van der Waals surface area contributed by atoms with Gasteiger partial charge in [-0.05, 0) is 44.0 Å². The fourth-order valence-electron chi connectivity index (χ4n) is 2.13. The lowest BCUT2D eigenvalue weighted by molar-refractivity contribution is 0.0939. The predicted octanol–water partition coefficient (Wildman–Crippen LogP) is 3.84. The third-order valence-electron chi connectivity index (χ3n) is 3.25. The SMILES string of the molecule is Cc1ccc(C)c(C(C)NC(=O)c2cccnc2Cl)c1. The molecule has 0 aliphatic rings. The maximum Gasteiger partial charge on any atom is 0.254 e. The summed E-state index contributed by atoms with van der Waals surface area (Å²) < 4.78 is 0. The number of nitrogens with zero attached hydrogens (tertiary/aromatic N) is 1. The van der Waals surface area contributed by atoms with Crippen molar-refractivity contribution in [2.24, 2.45) is 0 Å². The van der Waals surface area contributed by atoms with Crippen molar-refractivity contribution in [2.45, 2.75) is 26.8 Å². The van der Waals surface area contributed by atoms with Crippen LogP contribution in [0.2, 0.25) is 5.15 Å². The van der Waals surface area contributed by atoms with Gasteiger partial charge in [0.1, 0.15) is 5.15 Å². The summed E-state index contributed by atoms with van der Waals surface area (Å²) in [7, 11) is 0. The first-order chi connectivity index (χ1) is 9.49. The summed E-state index contributed by atoms with van der Waals surface area (Å²) >= 11 is 5.93. The minimum atomic E-state index is -0.212. The van der Waals surface area contributed by atoms with Gasteiger partial charge in [-0.1, -0.05) is 35.4 Å². The molecule has 3 nitrogen and oxygen atoms in total. The Labute approximate surface area is 124 Å². The van der Waals surface area contributed by atoms with E-state index >= 15 is 0 Å². The number of carbonyl (C=O) groups excluding carboxylic acids is 1. The minimum Gasteiger partial charge on any atom is -0.345 e. The van der Waals surface area contributed by atoms with Crippen LogP contribution in [0.5, 0.6) is 0 Å². The second-order valence-electron chi connectivity index (χ2n) is 4.90. The first kappa shape index (κ1) is 14.5. The summed E-state index contributed by atoms with van der Waals surface area (Å²) in [5.74, 6) is -0.212. The van der Waals surface area contributed by atoms with E-state index < -0.39 is 0 Å². The summed E-state index contributed by atoms with van der Waals surface area (Å²) in [5.41, 5.74) is 3.83. The van der Waals surface area contributed by atoms with Crippen LogP contribution in [0.1, 0.15) is 40.0 Å². The number of nitrogens with one attached hydrogen (secondary N) is 1. The number of benzene rings is 1. The highest BCUT2D eigenvalue weighted by molar-refractivity contribution is 6.32. The van der Waals surface area contributed by atoms with Gasteiger partial charge in [-0.3, -0.25) is 4.79 Å². The molecule has 104 valence electrons.